The molecule has 68 valence electrons. The third-order valence-electron chi connectivity index (χ3n) is 1.34. The molecule has 1 aromatic carbocycles. The van der Waals surface area contributed by atoms with Crippen molar-refractivity contribution < 1.29 is 0 Å². The van der Waals surface area contributed by atoms with Crippen LogP contribution in [0.5, 0.6) is 0 Å². The highest BCUT2D eigenvalue weighted by Gasteiger charge is 2.03. The summed E-state index contributed by atoms with van der Waals surface area (Å²) in [6, 6.07) is 5.41. The number of rotatable bonds is 3. The van der Waals surface area contributed by atoms with Crippen LogP contribution in [0.2, 0.25) is 0 Å². The Kier molecular flexibility index (Phi) is 3.56. The van der Waals surface area contributed by atoms with Gasteiger partial charge in [-0.2, -0.15) is 5.53 Å². The Balaban J connectivity index is 3.12. The van der Waals surface area contributed by atoms with Crippen molar-refractivity contribution in [1.82, 2.24) is 0 Å². The summed E-state index contributed by atoms with van der Waals surface area (Å²) in [5.74, 6) is 0. The summed E-state index contributed by atoms with van der Waals surface area (Å²) >= 11 is 6.61. The van der Waals surface area contributed by atoms with E-state index in [0.29, 0.717) is 5.69 Å². The normalized spacial score (nSPS) is 9.38. The molecular formula is C7H6Br2N4. The lowest BCUT2D eigenvalue weighted by molar-refractivity contribution is 0.952. The van der Waals surface area contributed by atoms with Crippen LogP contribution in [0, 0.1) is 10.9 Å². The van der Waals surface area contributed by atoms with Crippen molar-refractivity contribution in [2.45, 2.75) is 0 Å². The van der Waals surface area contributed by atoms with Crippen LogP contribution in [0.15, 0.2) is 32.4 Å². The second-order valence-corrected chi connectivity index (χ2v) is 4.03. The Morgan fingerprint density at radius 2 is 1.77 bits per heavy atom. The Morgan fingerprint density at radius 3 is 2.15 bits per heavy atom. The molecule has 0 aliphatic rings. The first-order chi connectivity index (χ1) is 6.17. The topological polar surface area (TPSA) is 63.3 Å². The third kappa shape index (κ3) is 2.60. The van der Waals surface area contributed by atoms with Crippen LogP contribution in [0.1, 0.15) is 0 Å². The van der Waals surface area contributed by atoms with Gasteiger partial charge < -0.3 is 0 Å². The first-order valence-electron chi connectivity index (χ1n) is 3.30. The predicted molar refractivity (Wildman–Crippen MR) is 58.3 cm³/mol. The SMILES string of the molecule is N=CN(N=N)c1cc(Br)cc(Br)c1. The fourth-order valence-corrected chi connectivity index (χ4v) is 2.10. The minimum Gasteiger partial charge on any atom is -0.289 e. The maximum atomic E-state index is 6.99. The van der Waals surface area contributed by atoms with E-state index in [1.54, 1.807) is 12.1 Å². The van der Waals surface area contributed by atoms with E-state index in [4.69, 9.17) is 10.9 Å². The molecule has 0 bridgehead atoms. The van der Waals surface area contributed by atoms with Crippen molar-refractivity contribution in [1.29, 1.82) is 10.9 Å². The molecule has 0 heterocycles. The standard InChI is InChI=1S/C7H6Br2N4/c8-5-1-6(9)3-7(2-5)13(4-10)12-11/h1-4,10-11H. The molecule has 0 amide bonds. The fraction of sp³-hybridized carbons (Fsp3) is 0. The molecule has 0 radical (unpaired) electrons. The molecule has 6 heteroatoms. The van der Waals surface area contributed by atoms with Crippen molar-refractivity contribution in [3.8, 4) is 0 Å². The number of anilines is 1. The van der Waals surface area contributed by atoms with Crippen LogP contribution >= 0.6 is 31.9 Å². The molecule has 1 aromatic rings. The molecule has 13 heavy (non-hydrogen) atoms. The van der Waals surface area contributed by atoms with Gasteiger partial charge in [0, 0.05) is 8.95 Å². The van der Waals surface area contributed by atoms with Gasteiger partial charge in [-0.05, 0) is 18.2 Å². The van der Waals surface area contributed by atoms with E-state index in [9.17, 15) is 0 Å². The van der Waals surface area contributed by atoms with Crippen molar-refractivity contribution in [3.05, 3.63) is 27.1 Å². The van der Waals surface area contributed by atoms with Gasteiger partial charge in [0.05, 0.1) is 5.69 Å². The zero-order valence-corrected chi connectivity index (χ0v) is 9.63. The molecule has 2 N–H and O–H groups in total. The molecule has 0 spiro atoms. The fourth-order valence-electron chi connectivity index (χ4n) is 0.833. The molecule has 0 saturated carbocycles. The van der Waals surface area contributed by atoms with Gasteiger partial charge in [-0.25, -0.2) is 5.01 Å². The summed E-state index contributed by atoms with van der Waals surface area (Å²) in [6.07, 6.45) is 0.973. The second kappa shape index (κ2) is 4.48. The first-order valence-corrected chi connectivity index (χ1v) is 4.89. The maximum Gasteiger partial charge on any atom is 0.110 e. The summed E-state index contributed by atoms with van der Waals surface area (Å²) in [5, 5.41) is 11.3. The van der Waals surface area contributed by atoms with E-state index in [1.807, 2.05) is 6.07 Å². The predicted octanol–water partition coefficient (Wildman–Crippen LogP) is 3.57. The smallest absolute Gasteiger partial charge is 0.110 e. The number of benzene rings is 1. The van der Waals surface area contributed by atoms with E-state index in [2.05, 4.69) is 37.1 Å². The molecule has 4 nitrogen and oxygen atoms in total. The van der Waals surface area contributed by atoms with Crippen molar-refractivity contribution in [2.24, 2.45) is 5.22 Å². The van der Waals surface area contributed by atoms with Crippen LogP contribution < -0.4 is 5.01 Å². The largest absolute Gasteiger partial charge is 0.289 e. The number of nitrogens with zero attached hydrogens (tertiary/aromatic N) is 2. The van der Waals surface area contributed by atoms with Gasteiger partial charge in [-0.15, -0.1) is 0 Å². The third-order valence-corrected chi connectivity index (χ3v) is 2.26. The van der Waals surface area contributed by atoms with Gasteiger partial charge >= 0.3 is 0 Å². The molecule has 0 unspecified atom stereocenters. The average molecular weight is 306 g/mol. The van der Waals surface area contributed by atoms with Crippen LogP contribution in [-0.2, 0) is 0 Å². The van der Waals surface area contributed by atoms with Gasteiger partial charge in [0.15, 0.2) is 0 Å². The average Bonchev–Trinajstić information content (AvgIpc) is 2.04. The Morgan fingerprint density at radius 1 is 1.23 bits per heavy atom. The molecule has 0 atom stereocenters. The summed E-state index contributed by atoms with van der Waals surface area (Å²) in [6.45, 7) is 0. The number of nitrogens with one attached hydrogen (secondary N) is 2. The number of hydrogen-bond donors (Lipinski definition) is 2. The van der Waals surface area contributed by atoms with E-state index in [0.717, 1.165) is 20.3 Å². The lowest BCUT2D eigenvalue weighted by Gasteiger charge is -2.10. The molecule has 0 saturated heterocycles. The zero-order chi connectivity index (χ0) is 9.84. The maximum absolute atomic E-state index is 6.99. The summed E-state index contributed by atoms with van der Waals surface area (Å²) in [7, 11) is 0. The van der Waals surface area contributed by atoms with Crippen LogP contribution in [0.3, 0.4) is 0 Å². The van der Waals surface area contributed by atoms with Gasteiger partial charge in [0.1, 0.15) is 6.34 Å². The minimum atomic E-state index is 0.659. The summed E-state index contributed by atoms with van der Waals surface area (Å²) in [4.78, 5) is 0. The Hall–Kier alpha value is -0.750. The lowest BCUT2D eigenvalue weighted by Crippen LogP contribution is -2.10. The highest BCUT2D eigenvalue weighted by atomic mass is 79.9. The van der Waals surface area contributed by atoms with E-state index in [1.165, 1.54) is 0 Å². The molecule has 0 aliphatic carbocycles. The summed E-state index contributed by atoms with van der Waals surface area (Å²) in [5.41, 5.74) is 7.47. The van der Waals surface area contributed by atoms with E-state index >= 15 is 0 Å². The minimum absolute atomic E-state index is 0.659. The van der Waals surface area contributed by atoms with Gasteiger partial charge in [-0.3, -0.25) is 5.41 Å². The van der Waals surface area contributed by atoms with Gasteiger partial charge in [0.25, 0.3) is 0 Å². The van der Waals surface area contributed by atoms with Crippen LogP contribution in [-0.4, -0.2) is 6.34 Å². The van der Waals surface area contributed by atoms with Crippen molar-refractivity contribution in [2.75, 3.05) is 5.01 Å². The highest BCUT2D eigenvalue weighted by molar-refractivity contribution is 9.11. The van der Waals surface area contributed by atoms with Crippen molar-refractivity contribution in [3.63, 3.8) is 0 Å². The molecule has 0 aliphatic heterocycles. The molecule has 1 rings (SSSR count). The second-order valence-electron chi connectivity index (χ2n) is 2.20. The molecular weight excluding hydrogens is 300 g/mol. The quantitative estimate of drug-likeness (QED) is 0.381. The first kappa shape index (κ1) is 10.3. The lowest BCUT2D eigenvalue weighted by atomic mass is 10.3. The van der Waals surface area contributed by atoms with Crippen molar-refractivity contribution >= 4 is 43.9 Å². The Labute approximate surface area is 92.2 Å². The molecule has 0 aromatic heterocycles. The zero-order valence-electron chi connectivity index (χ0n) is 6.46. The van der Waals surface area contributed by atoms with Gasteiger partial charge in [0.2, 0.25) is 0 Å². The van der Waals surface area contributed by atoms with E-state index < -0.39 is 0 Å². The molecule has 0 fully saturated rings. The number of halogens is 2. The Bertz CT molecular complexity index is 311. The van der Waals surface area contributed by atoms with E-state index in [-0.39, 0.29) is 0 Å². The summed E-state index contributed by atoms with van der Waals surface area (Å²) < 4.78 is 1.74. The highest BCUT2D eigenvalue weighted by Crippen LogP contribution is 2.25. The van der Waals surface area contributed by atoms with Crippen LogP contribution in [0.25, 0.3) is 0 Å². The number of hydrogen-bond acceptors (Lipinski definition) is 3. The van der Waals surface area contributed by atoms with Crippen LogP contribution in [0.4, 0.5) is 5.69 Å². The van der Waals surface area contributed by atoms with Gasteiger partial charge in [-0.1, -0.05) is 37.1 Å². The monoisotopic (exact) mass is 304 g/mol.